The van der Waals surface area contributed by atoms with Crippen molar-refractivity contribution in [3.63, 3.8) is 0 Å². The lowest BCUT2D eigenvalue weighted by Crippen LogP contribution is -2.51. The highest BCUT2D eigenvalue weighted by atomic mass is 16.5. The molecule has 0 aromatic heterocycles. The number of piperazine rings is 1. The maximum Gasteiger partial charge on any atom is 0.260 e. The molecule has 0 saturated carbocycles. The van der Waals surface area contributed by atoms with Gasteiger partial charge in [-0.05, 0) is 25.0 Å². The lowest BCUT2D eigenvalue weighted by Gasteiger charge is -2.37. The summed E-state index contributed by atoms with van der Waals surface area (Å²) in [6.45, 7) is 3.41. The molecule has 2 aliphatic rings. The van der Waals surface area contributed by atoms with Crippen LogP contribution < -0.4 is 9.47 Å². The van der Waals surface area contributed by atoms with Crippen LogP contribution in [0.4, 0.5) is 0 Å². The Morgan fingerprint density at radius 2 is 1.64 bits per heavy atom. The van der Waals surface area contributed by atoms with Crippen molar-refractivity contribution in [2.45, 2.75) is 12.8 Å². The van der Waals surface area contributed by atoms with E-state index in [2.05, 4.69) is 0 Å². The minimum atomic E-state index is -0.0867. The van der Waals surface area contributed by atoms with E-state index in [0.29, 0.717) is 63.6 Å². The molecular formula is C20H27N3O5. The number of para-hydroxylation sites is 2. The maximum atomic E-state index is 12.7. The number of rotatable bonds is 6. The third-order valence-corrected chi connectivity index (χ3v) is 5.39. The SMILES string of the molecule is COc1ccccc1OCC(=O)N1CCC(C(=O)N2CCN(C=O)CC2)CC1. The second-order valence-corrected chi connectivity index (χ2v) is 7.06. The Bertz CT molecular complexity index is 695. The summed E-state index contributed by atoms with van der Waals surface area (Å²) in [7, 11) is 1.56. The Hall–Kier alpha value is -2.77. The van der Waals surface area contributed by atoms with Gasteiger partial charge >= 0.3 is 0 Å². The molecule has 0 radical (unpaired) electrons. The molecule has 0 bridgehead atoms. The van der Waals surface area contributed by atoms with Crippen LogP contribution in [0.15, 0.2) is 24.3 Å². The van der Waals surface area contributed by atoms with Crippen LogP contribution in [0.1, 0.15) is 12.8 Å². The summed E-state index contributed by atoms with van der Waals surface area (Å²) < 4.78 is 10.8. The van der Waals surface area contributed by atoms with E-state index in [1.807, 2.05) is 17.0 Å². The molecule has 1 aromatic carbocycles. The van der Waals surface area contributed by atoms with Crippen molar-refractivity contribution in [2.24, 2.45) is 5.92 Å². The minimum Gasteiger partial charge on any atom is -0.493 e. The van der Waals surface area contributed by atoms with Gasteiger partial charge in [0, 0.05) is 45.2 Å². The average Bonchev–Trinajstić information content (AvgIpc) is 2.77. The summed E-state index contributed by atoms with van der Waals surface area (Å²) in [5, 5.41) is 0. The average molecular weight is 389 g/mol. The lowest BCUT2D eigenvalue weighted by molar-refractivity contribution is -0.143. The van der Waals surface area contributed by atoms with Crippen LogP contribution in [0.2, 0.25) is 0 Å². The van der Waals surface area contributed by atoms with E-state index >= 15 is 0 Å². The molecule has 152 valence electrons. The van der Waals surface area contributed by atoms with Gasteiger partial charge in [-0.2, -0.15) is 0 Å². The van der Waals surface area contributed by atoms with Crippen molar-refractivity contribution in [1.29, 1.82) is 0 Å². The van der Waals surface area contributed by atoms with Gasteiger partial charge in [-0.25, -0.2) is 0 Å². The number of amides is 3. The van der Waals surface area contributed by atoms with Gasteiger partial charge in [-0.15, -0.1) is 0 Å². The Balaban J connectivity index is 1.44. The molecule has 2 fully saturated rings. The van der Waals surface area contributed by atoms with Gasteiger partial charge in [0.25, 0.3) is 5.91 Å². The van der Waals surface area contributed by atoms with Crippen molar-refractivity contribution < 1.29 is 23.9 Å². The molecule has 0 spiro atoms. The standard InChI is InChI=1S/C20H27N3O5/c1-27-17-4-2-3-5-18(17)28-14-19(25)22-8-6-16(7-9-22)20(26)23-12-10-21(15-24)11-13-23/h2-5,15-16H,6-14H2,1H3. The van der Waals surface area contributed by atoms with E-state index < -0.39 is 0 Å². The van der Waals surface area contributed by atoms with Gasteiger partial charge in [0.15, 0.2) is 18.1 Å². The first-order valence-corrected chi connectivity index (χ1v) is 9.64. The van der Waals surface area contributed by atoms with Gasteiger partial charge in [0.05, 0.1) is 7.11 Å². The van der Waals surface area contributed by atoms with Crippen LogP contribution in [0.3, 0.4) is 0 Å². The van der Waals surface area contributed by atoms with Crippen LogP contribution in [-0.4, -0.2) is 85.9 Å². The molecule has 0 atom stereocenters. The summed E-state index contributed by atoms with van der Waals surface area (Å²) in [6.07, 6.45) is 2.15. The molecule has 1 aromatic rings. The highest BCUT2D eigenvalue weighted by Gasteiger charge is 2.31. The predicted octanol–water partition coefficient (Wildman–Crippen LogP) is 0.613. The third-order valence-electron chi connectivity index (χ3n) is 5.39. The van der Waals surface area contributed by atoms with Crippen LogP contribution >= 0.6 is 0 Å². The Morgan fingerprint density at radius 3 is 2.25 bits per heavy atom. The first kappa shape index (κ1) is 20.0. The van der Waals surface area contributed by atoms with Crippen molar-refractivity contribution in [3.05, 3.63) is 24.3 Å². The Morgan fingerprint density at radius 1 is 1.00 bits per heavy atom. The third kappa shape index (κ3) is 4.74. The highest BCUT2D eigenvalue weighted by molar-refractivity contribution is 5.81. The second-order valence-electron chi connectivity index (χ2n) is 7.06. The largest absolute Gasteiger partial charge is 0.493 e. The van der Waals surface area contributed by atoms with E-state index in [-0.39, 0.29) is 24.3 Å². The zero-order valence-corrected chi connectivity index (χ0v) is 16.2. The number of benzene rings is 1. The second kappa shape index (κ2) is 9.43. The highest BCUT2D eigenvalue weighted by Crippen LogP contribution is 2.26. The van der Waals surface area contributed by atoms with Crippen LogP contribution in [0.25, 0.3) is 0 Å². The number of hydrogen-bond acceptors (Lipinski definition) is 5. The molecule has 3 rings (SSSR count). The molecule has 3 amide bonds. The fourth-order valence-electron chi connectivity index (χ4n) is 3.65. The molecule has 0 N–H and O–H groups in total. The van der Waals surface area contributed by atoms with Gasteiger partial charge < -0.3 is 24.2 Å². The molecule has 0 aliphatic carbocycles. The summed E-state index contributed by atoms with van der Waals surface area (Å²) in [4.78, 5) is 41.2. The number of nitrogens with zero attached hydrogens (tertiary/aromatic N) is 3. The maximum absolute atomic E-state index is 12.7. The Labute approximate surface area is 165 Å². The number of methoxy groups -OCH3 is 1. The molecule has 2 heterocycles. The minimum absolute atomic E-state index is 0.0490. The first-order valence-electron chi connectivity index (χ1n) is 9.64. The van der Waals surface area contributed by atoms with Crippen LogP contribution in [0, 0.1) is 5.92 Å². The number of carbonyl (C=O) groups excluding carboxylic acids is 3. The topological polar surface area (TPSA) is 79.4 Å². The zero-order valence-electron chi connectivity index (χ0n) is 16.2. The van der Waals surface area contributed by atoms with Crippen molar-refractivity contribution in [3.8, 4) is 11.5 Å². The summed E-state index contributed by atoms with van der Waals surface area (Å²) in [5.41, 5.74) is 0. The lowest BCUT2D eigenvalue weighted by atomic mass is 9.95. The van der Waals surface area contributed by atoms with Crippen LogP contribution in [0.5, 0.6) is 11.5 Å². The number of ether oxygens (including phenoxy) is 2. The Kier molecular flexibility index (Phi) is 6.73. The molecule has 2 aliphatic heterocycles. The molecule has 8 heteroatoms. The van der Waals surface area contributed by atoms with Crippen molar-refractivity contribution in [1.82, 2.24) is 14.7 Å². The number of likely N-dealkylation sites (tertiary alicyclic amines) is 1. The van der Waals surface area contributed by atoms with E-state index in [1.54, 1.807) is 29.0 Å². The quantitative estimate of drug-likeness (QED) is 0.666. The van der Waals surface area contributed by atoms with Gasteiger partial charge in [-0.1, -0.05) is 12.1 Å². The molecule has 8 nitrogen and oxygen atoms in total. The predicted molar refractivity (Wildman–Crippen MR) is 102 cm³/mol. The zero-order chi connectivity index (χ0) is 19.9. The summed E-state index contributed by atoms with van der Waals surface area (Å²) in [6, 6.07) is 7.22. The van der Waals surface area contributed by atoms with E-state index in [9.17, 15) is 14.4 Å². The van der Waals surface area contributed by atoms with Gasteiger partial charge in [0.2, 0.25) is 12.3 Å². The summed E-state index contributed by atoms with van der Waals surface area (Å²) >= 11 is 0. The number of carbonyl (C=O) groups is 3. The van der Waals surface area contributed by atoms with Crippen molar-refractivity contribution >= 4 is 18.2 Å². The van der Waals surface area contributed by atoms with Crippen LogP contribution in [-0.2, 0) is 14.4 Å². The first-order chi connectivity index (χ1) is 13.6. The normalized spacial score (nSPS) is 18.0. The summed E-state index contributed by atoms with van der Waals surface area (Å²) in [5.74, 6) is 1.13. The van der Waals surface area contributed by atoms with E-state index in [1.165, 1.54) is 0 Å². The van der Waals surface area contributed by atoms with Gasteiger partial charge in [0.1, 0.15) is 0 Å². The molecule has 0 unspecified atom stereocenters. The fourth-order valence-corrected chi connectivity index (χ4v) is 3.65. The van der Waals surface area contributed by atoms with Crippen molar-refractivity contribution in [2.75, 3.05) is 53.0 Å². The molecule has 28 heavy (non-hydrogen) atoms. The van der Waals surface area contributed by atoms with Gasteiger partial charge in [-0.3, -0.25) is 14.4 Å². The fraction of sp³-hybridized carbons (Fsp3) is 0.550. The van der Waals surface area contributed by atoms with E-state index in [4.69, 9.17) is 9.47 Å². The molecular weight excluding hydrogens is 362 g/mol. The molecule has 2 saturated heterocycles. The number of hydrogen-bond donors (Lipinski definition) is 0. The smallest absolute Gasteiger partial charge is 0.260 e. The number of piperidine rings is 1. The monoisotopic (exact) mass is 389 g/mol. The van der Waals surface area contributed by atoms with E-state index in [0.717, 1.165) is 6.41 Å².